The van der Waals surface area contributed by atoms with Gasteiger partial charge in [-0.2, -0.15) is 0 Å². The van der Waals surface area contributed by atoms with E-state index in [1.54, 1.807) is 48.5 Å². The predicted molar refractivity (Wildman–Crippen MR) is 190 cm³/mol. The van der Waals surface area contributed by atoms with Crippen LogP contribution in [-0.2, 0) is 32.6 Å². The number of rotatable bonds is 14. The number of hydrogen-bond donors (Lipinski definition) is 1. The highest BCUT2D eigenvalue weighted by Crippen LogP contribution is 2.31. The van der Waals surface area contributed by atoms with E-state index < -0.39 is 28.5 Å². The fourth-order valence-electron chi connectivity index (χ4n) is 4.98. The summed E-state index contributed by atoms with van der Waals surface area (Å²) in [5.74, 6) is -0.241. The maximum absolute atomic E-state index is 14.6. The number of carbonyl (C=O) groups is 2. The lowest BCUT2D eigenvalue weighted by molar-refractivity contribution is -0.140. The van der Waals surface area contributed by atoms with E-state index in [1.165, 1.54) is 24.1 Å². The second-order valence-corrected chi connectivity index (χ2v) is 14.8. The molecule has 4 aromatic carbocycles. The van der Waals surface area contributed by atoms with Gasteiger partial charge in [-0.25, -0.2) is 8.42 Å². The minimum atomic E-state index is -4.27. The van der Waals surface area contributed by atoms with Gasteiger partial charge in [-0.05, 0) is 82.4 Å². The first-order chi connectivity index (χ1) is 22.4. The zero-order valence-electron chi connectivity index (χ0n) is 26.8. The molecule has 0 fully saturated rings. The predicted octanol–water partition coefficient (Wildman–Crippen LogP) is 7.03. The summed E-state index contributed by atoms with van der Waals surface area (Å²) in [4.78, 5) is 29.9. The number of benzene rings is 4. The summed E-state index contributed by atoms with van der Waals surface area (Å²) in [5, 5.41) is 3.47. The first-order valence-electron chi connectivity index (χ1n) is 15.2. The van der Waals surface area contributed by atoms with Crippen LogP contribution >= 0.6 is 27.5 Å². The van der Waals surface area contributed by atoms with Crippen molar-refractivity contribution in [2.24, 2.45) is 5.92 Å². The molecular weight excluding hydrogens is 702 g/mol. The zero-order chi connectivity index (χ0) is 34.1. The Balaban J connectivity index is 1.81. The smallest absolute Gasteiger partial charge is 0.264 e. The molecule has 0 aromatic heterocycles. The maximum atomic E-state index is 14.6. The van der Waals surface area contributed by atoms with Crippen LogP contribution in [0, 0.1) is 12.8 Å². The monoisotopic (exact) mass is 739 g/mol. The molecule has 0 heterocycles. The standard InChI is InChI=1S/C36H39BrClN3O5S/c1-25(2)22-39-36(43)33(20-27-9-6-5-7-10-27)40(23-28-11-8-12-29(38)19-28)35(42)24-41(30-15-13-26(3)14-16-30)47(44,45)31-17-18-34(46-4)32(37)21-31/h5-19,21,25,33H,20,22-24H2,1-4H3,(H,39,43). The second kappa shape index (κ2) is 16.3. The summed E-state index contributed by atoms with van der Waals surface area (Å²) in [6.07, 6.45) is 0.222. The second-order valence-electron chi connectivity index (χ2n) is 11.6. The van der Waals surface area contributed by atoms with Crippen molar-refractivity contribution < 1.29 is 22.7 Å². The number of amides is 2. The fraction of sp³-hybridized carbons (Fsp3) is 0.278. The molecule has 0 bridgehead atoms. The van der Waals surface area contributed by atoms with Crippen LogP contribution in [0.3, 0.4) is 0 Å². The van der Waals surface area contributed by atoms with Gasteiger partial charge in [0.2, 0.25) is 11.8 Å². The van der Waals surface area contributed by atoms with Gasteiger partial charge in [0.05, 0.1) is 22.2 Å². The van der Waals surface area contributed by atoms with Gasteiger partial charge < -0.3 is 15.0 Å². The van der Waals surface area contributed by atoms with Crippen molar-refractivity contribution in [2.45, 2.75) is 44.7 Å². The largest absolute Gasteiger partial charge is 0.496 e. The highest BCUT2D eigenvalue weighted by atomic mass is 79.9. The third-order valence-electron chi connectivity index (χ3n) is 7.51. The quantitative estimate of drug-likeness (QED) is 0.150. The Hall–Kier alpha value is -3.86. The topological polar surface area (TPSA) is 96.0 Å². The molecule has 1 N–H and O–H groups in total. The summed E-state index contributed by atoms with van der Waals surface area (Å²) >= 11 is 9.70. The Bertz CT molecular complexity index is 1790. The van der Waals surface area contributed by atoms with E-state index in [0.29, 0.717) is 33.0 Å². The molecule has 11 heteroatoms. The van der Waals surface area contributed by atoms with E-state index in [-0.39, 0.29) is 29.7 Å². The Labute approximate surface area is 290 Å². The maximum Gasteiger partial charge on any atom is 0.264 e. The summed E-state index contributed by atoms with van der Waals surface area (Å²) in [5.41, 5.74) is 2.79. The number of nitrogens with one attached hydrogen (secondary N) is 1. The van der Waals surface area contributed by atoms with E-state index in [2.05, 4.69) is 21.2 Å². The minimum absolute atomic E-state index is 0.0296. The third kappa shape index (κ3) is 9.59. The molecule has 1 unspecified atom stereocenters. The molecular formula is C36H39BrClN3O5S. The van der Waals surface area contributed by atoms with Gasteiger partial charge in [0.1, 0.15) is 18.3 Å². The first kappa shape index (κ1) is 36.0. The van der Waals surface area contributed by atoms with E-state index in [1.807, 2.05) is 57.2 Å². The number of sulfonamides is 1. The fourth-order valence-corrected chi connectivity index (χ4v) is 7.33. The highest BCUT2D eigenvalue weighted by Gasteiger charge is 2.35. The zero-order valence-corrected chi connectivity index (χ0v) is 30.0. The van der Waals surface area contributed by atoms with Crippen LogP contribution < -0.4 is 14.4 Å². The molecule has 0 spiro atoms. The normalized spacial score (nSPS) is 12.0. The molecule has 0 aliphatic heterocycles. The summed E-state index contributed by atoms with van der Waals surface area (Å²) in [6.45, 7) is 5.76. The average molecular weight is 741 g/mol. The van der Waals surface area contributed by atoms with E-state index in [9.17, 15) is 18.0 Å². The van der Waals surface area contributed by atoms with Crippen molar-refractivity contribution in [1.82, 2.24) is 10.2 Å². The lowest BCUT2D eigenvalue weighted by Crippen LogP contribution is -2.53. The molecule has 0 saturated carbocycles. The van der Waals surface area contributed by atoms with Crippen LogP contribution in [0.5, 0.6) is 5.75 Å². The van der Waals surface area contributed by atoms with Crippen molar-refractivity contribution >= 4 is 55.1 Å². The number of anilines is 1. The lowest BCUT2D eigenvalue weighted by Gasteiger charge is -2.34. The lowest BCUT2D eigenvalue weighted by atomic mass is 10.0. The molecule has 8 nitrogen and oxygen atoms in total. The van der Waals surface area contributed by atoms with Crippen molar-refractivity contribution in [3.8, 4) is 5.75 Å². The van der Waals surface area contributed by atoms with Crippen LogP contribution in [0.25, 0.3) is 0 Å². The van der Waals surface area contributed by atoms with E-state index >= 15 is 0 Å². The van der Waals surface area contributed by atoms with Gasteiger partial charge in [0.15, 0.2) is 0 Å². The van der Waals surface area contributed by atoms with Crippen LogP contribution in [0.2, 0.25) is 5.02 Å². The molecule has 0 radical (unpaired) electrons. The van der Waals surface area contributed by atoms with Gasteiger partial charge in [0.25, 0.3) is 10.0 Å². The van der Waals surface area contributed by atoms with Crippen molar-refractivity contribution in [3.63, 3.8) is 0 Å². The van der Waals surface area contributed by atoms with Crippen molar-refractivity contribution in [3.05, 3.63) is 123 Å². The van der Waals surface area contributed by atoms with E-state index in [4.69, 9.17) is 16.3 Å². The SMILES string of the molecule is COc1ccc(S(=O)(=O)N(CC(=O)N(Cc2cccc(Cl)c2)C(Cc2ccccc2)C(=O)NCC(C)C)c2ccc(C)cc2)cc1Br. The van der Waals surface area contributed by atoms with Gasteiger partial charge in [-0.3, -0.25) is 13.9 Å². The Morgan fingerprint density at radius 2 is 1.60 bits per heavy atom. The molecule has 4 aromatic rings. The van der Waals surface area contributed by atoms with Gasteiger partial charge in [-0.15, -0.1) is 0 Å². The Kier molecular flexibility index (Phi) is 12.5. The average Bonchev–Trinajstić information content (AvgIpc) is 3.05. The molecule has 0 saturated heterocycles. The Morgan fingerprint density at radius 3 is 2.21 bits per heavy atom. The number of aryl methyl sites for hydroxylation is 1. The first-order valence-corrected chi connectivity index (χ1v) is 17.8. The Morgan fingerprint density at radius 1 is 0.915 bits per heavy atom. The number of methoxy groups -OCH3 is 1. The summed E-state index contributed by atoms with van der Waals surface area (Å²) in [7, 11) is -2.78. The van der Waals surface area contributed by atoms with Crippen molar-refractivity contribution in [1.29, 1.82) is 0 Å². The van der Waals surface area contributed by atoms with Gasteiger partial charge >= 0.3 is 0 Å². The van der Waals surface area contributed by atoms with Crippen LogP contribution in [-0.4, -0.2) is 51.4 Å². The number of nitrogens with zero attached hydrogens (tertiary/aromatic N) is 2. The molecule has 4 rings (SSSR count). The minimum Gasteiger partial charge on any atom is -0.496 e. The molecule has 248 valence electrons. The molecule has 0 aliphatic carbocycles. The number of hydrogen-bond acceptors (Lipinski definition) is 5. The molecule has 1 atom stereocenters. The summed E-state index contributed by atoms with van der Waals surface area (Å²) in [6, 6.07) is 26.9. The number of ether oxygens (including phenoxy) is 1. The number of carbonyl (C=O) groups excluding carboxylic acids is 2. The van der Waals surface area contributed by atoms with Crippen LogP contribution in [0.1, 0.15) is 30.5 Å². The summed E-state index contributed by atoms with van der Waals surface area (Å²) < 4.78 is 35.4. The van der Waals surface area contributed by atoms with Crippen molar-refractivity contribution in [2.75, 3.05) is 24.5 Å². The molecule has 0 aliphatic rings. The van der Waals surface area contributed by atoms with Gasteiger partial charge in [0, 0.05) is 24.5 Å². The van der Waals surface area contributed by atoms with Gasteiger partial charge in [-0.1, -0.05) is 85.6 Å². The van der Waals surface area contributed by atoms with E-state index in [0.717, 1.165) is 15.4 Å². The number of halogens is 2. The third-order valence-corrected chi connectivity index (χ3v) is 10.1. The molecule has 2 amide bonds. The highest BCUT2D eigenvalue weighted by molar-refractivity contribution is 9.10. The van der Waals surface area contributed by atoms with Crippen LogP contribution in [0.4, 0.5) is 5.69 Å². The molecule has 47 heavy (non-hydrogen) atoms. The van der Waals surface area contributed by atoms with Crippen LogP contribution in [0.15, 0.2) is 106 Å².